The highest BCUT2D eigenvalue weighted by Gasteiger charge is 2.20. The zero-order valence-corrected chi connectivity index (χ0v) is 13.5. The number of H-pyrrole nitrogens is 1. The van der Waals surface area contributed by atoms with Crippen molar-refractivity contribution in [1.29, 1.82) is 0 Å². The molecule has 3 heterocycles. The molecule has 0 saturated heterocycles. The van der Waals surface area contributed by atoms with E-state index in [1.54, 1.807) is 6.20 Å². The molecule has 0 saturated carbocycles. The molecule has 3 rings (SSSR count). The van der Waals surface area contributed by atoms with E-state index in [2.05, 4.69) is 21.5 Å². The zero-order chi connectivity index (χ0) is 16.9. The number of nitrogens with one attached hydrogen (secondary N) is 1. The van der Waals surface area contributed by atoms with E-state index >= 15 is 0 Å². The van der Waals surface area contributed by atoms with Gasteiger partial charge in [0.25, 0.3) is 0 Å². The van der Waals surface area contributed by atoms with Gasteiger partial charge in [-0.3, -0.25) is 9.98 Å². The van der Waals surface area contributed by atoms with Crippen LogP contribution in [0.3, 0.4) is 0 Å². The third-order valence-electron chi connectivity index (χ3n) is 4.03. The molecule has 1 aliphatic rings. The Labute approximate surface area is 140 Å². The molecule has 5 heteroatoms. The first-order valence-corrected chi connectivity index (χ1v) is 7.92. The van der Waals surface area contributed by atoms with Crippen LogP contribution in [-0.2, 0) is 0 Å². The summed E-state index contributed by atoms with van der Waals surface area (Å²) in [7, 11) is 0. The van der Waals surface area contributed by atoms with E-state index in [4.69, 9.17) is 11.5 Å². The number of nitrogens with two attached hydrogens (primary N) is 2. The molecule has 0 unspecified atom stereocenters. The second-order valence-corrected chi connectivity index (χ2v) is 5.58. The molecular weight excluding hydrogens is 298 g/mol. The van der Waals surface area contributed by atoms with Gasteiger partial charge in [-0.2, -0.15) is 0 Å². The molecule has 1 aliphatic heterocycles. The lowest BCUT2D eigenvalue weighted by molar-refractivity contribution is 0.951. The fourth-order valence-electron chi connectivity index (χ4n) is 2.91. The van der Waals surface area contributed by atoms with Crippen LogP contribution >= 0.6 is 0 Å². The Kier molecular flexibility index (Phi) is 4.61. The number of aliphatic imine (C=N–C) groups is 1. The lowest BCUT2D eigenvalue weighted by Crippen LogP contribution is -2.26. The maximum atomic E-state index is 6.52. The average molecular weight is 319 g/mol. The topological polar surface area (TPSA) is 93.1 Å². The van der Waals surface area contributed by atoms with Crippen molar-refractivity contribution in [2.75, 3.05) is 6.54 Å². The standard InChI is InChI=1S/C19H21N5/c1-13-14(8-12-22-13)15(7-9-20)18(16-6-4-11-23-16)19(21)17-5-2-3-10-24-17/h2-3,5,7-10,12,22H,1,4,6,11,20-21H2/b9-7-,15-14+,19-18?. The predicted molar refractivity (Wildman–Crippen MR) is 99.2 cm³/mol. The third kappa shape index (κ3) is 3.01. The second-order valence-electron chi connectivity index (χ2n) is 5.58. The summed E-state index contributed by atoms with van der Waals surface area (Å²) in [6.45, 7) is 4.87. The monoisotopic (exact) mass is 319 g/mol. The Morgan fingerprint density at radius 3 is 2.75 bits per heavy atom. The van der Waals surface area contributed by atoms with Crippen molar-refractivity contribution in [1.82, 2.24) is 9.97 Å². The fourth-order valence-corrected chi connectivity index (χ4v) is 2.91. The van der Waals surface area contributed by atoms with E-state index in [-0.39, 0.29) is 0 Å². The van der Waals surface area contributed by atoms with E-state index in [1.807, 2.05) is 36.5 Å². The summed E-state index contributed by atoms with van der Waals surface area (Å²) in [5, 5.41) is 1.77. The van der Waals surface area contributed by atoms with Crippen LogP contribution in [-0.4, -0.2) is 22.2 Å². The molecule has 0 amide bonds. The third-order valence-corrected chi connectivity index (χ3v) is 4.03. The second kappa shape index (κ2) is 7.00. The van der Waals surface area contributed by atoms with E-state index in [0.29, 0.717) is 5.70 Å². The lowest BCUT2D eigenvalue weighted by atomic mass is 9.94. The normalized spacial score (nSPS) is 16.9. The van der Waals surface area contributed by atoms with Crippen molar-refractivity contribution in [3.8, 4) is 0 Å². The zero-order valence-electron chi connectivity index (χ0n) is 13.5. The van der Waals surface area contributed by atoms with Crippen molar-refractivity contribution in [3.05, 3.63) is 70.8 Å². The van der Waals surface area contributed by atoms with Gasteiger partial charge >= 0.3 is 0 Å². The number of nitrogens with zero attached hydrogens (tertiary/aromatic N) is 2. The van der Waals surface area contributed by atoms with Crippen molar-refractivity contribution in [3.63, 3.8) is 0 Å². The minimum absolute atomic E-state index is 0.602. The maximum Gasteiger partial charge on any atom is 0.0865 e. The average Bonchev–Trinajstić information content (AvgIpc) is 3.27. The highest BCUT2D eigenvalue weighted by atomic mass is 14.8. The highest BCUT2D eigenvalue weighted by Crippen LogP contribution is 2.25. The van der Waals surface area contributed by atoms with Gasteiger partial charge in [0, 0.05) is 40.8 Å². The molecule has 0 aliphatic carbocycles. The van der Waals surface area contributed by atoms with E-state index < -0.39 is 0 Å². The van der Waals surface area contributed by atoms with Crippen LogP contribution in [0.1, 0.15) is 18.5 Å². The van der Waals surface area contributed by atoms with Crippen LogP contribution in [0.25, 0.3) is 17.8 Å². The molecule has 0 spiro atoms. The minimum atomic E-state index is 0.602. The molecule has 0 atom stereocenters. The van der Waals surface area contributed by atoms with Crippen LogP contribution < -0.4 is 22.0 Å². The molecule has 2 aromatic heterocycles. The van der Waals surface area contributed by atoms with Gasteiger partial charge in [0.15, 0.2) is 0 Å². The summed E-state index contributed by atoms with van der Waals surface area (Å²) < 4.78 is 0. The molecule has 0 fully saturated rings. The molecule has 122 valence electrons. The summed E-state index contributed by atoms with van der Waals surface area (Å²) in [5.74, 6) is 0. The Morgan fingerprint density at radius 2 is 2.17 bits per heavy atom. The Balaban J connectivity index is 2.34. The number of hydrogen-bond donors (Lipinski definition) is 3. The predicted octanol–water partition coefficient (Wildman–Crippen LogP) is 1.05. The largest absolute Gasteiger partial charge is 0.405 e. The Bertz CT molecular complexity index is 916. The smallest absolute Gasteiger partial charge is 0.0865 e. The molecule has 0 aromatic carbocycles. The number of allylic oxidation sites excluding steroid dienone is 2. The lowest BCUT2D eigenvalue weighted by Gasteiger charge is -2.13. The van der Waals surface area contributed by atoms with Crippen LogP contribution in [0, 0.1) is 0 Å². The van der Waals surface area contributed by atoms with Crippen LogP contribution in [0.2, 0.25) is 0 Å². The molecule has 0 bridgehead atoms. The Hall–Kier alpha value is -3.08. The quantitative estimate of drug-likeness (QED) is 0.786. The van der Waals surface area contributed by atoms with Gasteiger partial charge in [-0.1, -0.05) is 12.6 Å². The minimum Gasteiger partial charge on any atom is -0.405 e. The molecule has 5 nitrogen and oxygen atoms in total. The van der Waals surface area contributed by atoms with Gasteiger partial charge in [0.1, 0.15) is 0 Å². The summed E-state index contributed by atoms with van der Waals surface area (Å²) in [4.78, 5) is 12.1. The first-order valence-electron chi connectivity index (χ1n) is 7.92. The molecule has 24 heavy (non-hydrogen) atoms. The summed E-state index contributed by atoms with van der Waals surface area (Å²) in [5.41, 5.74) is 16.3. The van der Waals surface area contributed by atoms with Crippen LogP contribution in [0.5, 0.6) is 0 Å². The van der Waals surface area contributed by atoms with Crippen molar-refractivity contribution < 1.29 is 0 Å². The summed E-state index contributed by atoms with van der Waals surface area (Å²) >= 11 is 0. The van der Waals surface area contributed by atoms with Gasteiger partial charge < -0.3 is 16.5 Å². The Morgan fingerprint density at radius 1 is 1.29 bits per heavy atom. The van der Waals surface area contributed by atoms with Crippen LogP contribution in [0.15, 0.2) is 59.5 Å². The fraction of sp³-hybridized carbons (Fsp3) is 0.158. The first kappa shape index (κ1) is 15.8. The molecule has 0 radical (unpaired) electrons. The van der Waals surface area contributed by atoms with Gasteiger partial charge in [0.2, 0.25) is 0 Å². The number of aromatic amines is 1. The van der Waals surface area contributed by atoms with E-state index in [0.717, 1.165) is 52.5 Å². The van der Waals surface area contributed by atoms with Crippen molar-refractivity contribution in [2.24, 2.45) is 16.5 Å². The maximum absolute atomic E-state index is 6.52. The molecule has 5 N–H and O–H groups in total. The summed E-state index contributed by atoms with van der Waals surface area (Å²) in [6.07, 6.45) is 8.87. The number of hydrogen-bond acceptors (Lipinski definition) is 4. The highest BCUT2D eigenvalue weighted by molar-refractivity contribution is 6.17. The number of aromatic nitrogens is 2. The van der Waals surface area contributed by atoms with E-state index in [1.165, 1.54) is 6.20 Å². The van der Waals surface area contributed by atoms with Crippen LogP contribution in [0.4, 0.5) is 0 Å². The van der Waals surface area contributed by atoms with Gasteiger partial charge in [0.05, 0.1) is 11.4 Å². The SMILES string of the molecule is C=c1[nH]cc/c1=C(/C=C\N)C(C1=NCCC1)=C(N)c1ccccn1. The first-order chi connectivity index (χ1) is 11.7. The summed E-state index contributed by atoms with van der Waals surface area (Å²) in [6, 6.07) is 7.66. The molecule has 2 aromatic rings. The number of rotatable bonds is 4. The van der Waals surface area contributed by atoms with E-state index in [9.17, 15) is 0 Å². The van der Waals surface area contributed by atoms with Crippen molar-refractivity contribution >= 4 is 23.6 Å². The van der Waals surface area contributed by atoms with Crippen molar-refractivity contribution in [2.45, 2.75) is 12.8 Å². The van der Waals surface area contributed by atoms with Gasteiger partial charge in [-0.25, -0.2) is 0 Å². The molecular formula is C19H21N5. The van der Waals surface area contributed by atoms with Gasteiger partial charge in [-0.15, -0.1) is 0 Å². The number of pyridine rings is 1. The van der Waals surface area contributed by atoms with Gasteiger partial charge in [-0.05, 0) is 48.9 Å².